The lowest BCUT2D eigenvalue weighted by molar-refractivity contribution is -0.138. The fraction of sp³-hybridized carbons (Fsp3) is 0.621. The molecule has 2 saturated heterocycles. The Morgan fingerprint density at radius 3 is 2.37 bits per heavy atom. The normalized spacial score (nSPS) is 28.0. The first kappa shape index (κ1) is 26.9. The Kier molecular flexibility index (Phi) is 6.26. The molecule has 3 heterocycles. The Balaban J connectivity index is 1.01. The second kappa shape index (κ2) is 9.53. The van der Waals surface area contributed by atoms with Crippen LogP contribution in [0.3, 0.4) is 0 Å². The number of piperazine rings is 1. The molecule has 5 atom stereocenters. The maximum atomic E-state index is 13.5. The third kappa shape index (κ3) is 4.45. The van der Waals surface area contributed by atoms with E-state index in [0.29, 0.717) is 93.6 Å². The molecule has 8 rings (SSSR count). The second-order valence-electron chi connectivity index (χ2n) is 12.3. The van der Waals surface area contributed by atoms with Gasteiger partial charge in [0.15, 0.2) is 5.69 Å². The first-order valence-electron chi connectivity index (χ1n) is 14.5. The van der Waals surface area contributed by atoms with Crippen molar-refractivity contribution in [2.24, 2.45) is 17.6 Å². The van der Waals surface area contributed by atoms with Crippen molar-refractivity contribution in [2.45, 2.75) is 56.5 Å². The summed E-state index contributed by atoms with van der Waals surface area (Å²) in [6, 6.07) is 4.36. The van der Waals surface area contributed by atoms with Gasteiger partial charge in [-0.3, -0.25) is 19.2 Å². The van der Waals surface area contributed by atoms with Gasteiger partial charge in [-0.15, -0.1) is 0 Å². The van der Waals surface area contributed by atoms with E-state index in [4.69, 9.17) is 10.8 Å². The number of aliphatic hydroxyl groups is 1. The van der Waals surface area contributed by atoms with Crippen molar-refractivity contribution in [1.82, 2.24) is 24.5 Å². The van der Waals surface area contributed by atoms with Crippen molar-refractivity contribution in [3.05, 3.63) is 51.8 Å². The summed E-state index contributed by atoms with van der Waals surface area (Å²) in [5.74, 6) is 1.83. The van der Waals surface area contributed by atoms with Gasteiger partial charge in [0.05, 0.1) is 5.56 Å². The maximum Gasteiger partial charge on any atom is 0.416 e. The van der Waals surface area contributed by atoms with Crippen molar-refractivity contribution < 1.29 is 27.9 Å². The van der Waals surface area contributed by atoms with Crippen LogP contribution in [0.2, 0.25) is 0 Å². The van der Waals surface area contributed by atoms with Gasteiger partial charge in [0.25, 0.3) is 5.91 Å². The molecule has 3 N–H and O–H groups in total. The quantitative estimate of drug-likeness (QED) is 0.514. The second-order valence-corrected chi connectivity index (χ2v) is 12.3. The standard InChI is InChI=1S/C29H35F3N6O3/c1-15-17(3-2-4-18(15)29(30,31)32)16-5-7-36(8-6-16)20(40)14-38-27-24-21-22(24)23(21)25(27)26(34-38)28(41)37-11-9-35(10-12-37)13-19(33)39/h2-4,16,19,21-24,39H,5-14,33H2,1H3/t19?,21-,22?,23?,24?/m0/s1. The number of piperidine rings is 1. The van der Waals surface area contributed by atoms with E-state index in [1.807, 2.05) is 4.90 Å². The van der Waals surface area contributed by atoms with Crippen molar-refractivity contribution in [1.29, 1.82) is 0 Å². The summed E-state index contributed by atoms with van der Waals surface area (Å²) >= 11 is 0. The number of aromatic nitrogens is 2. The summed E-state index contributed by atoms with van der Waals surface area (Å²) in [6.45, 7) is 5.28. The number of likely N-dealkylation sites (tertiary alicyclic amines) is 1. The summed E-state index contributed by atoms with van der Waals surface area (Å²) in [5.41, 5.74) is 8.47. The van der Waals surface area contributed by atoms with Crippen LogP contribution >= 0.6 is 0 Å². The van der Waals surface area contributed by atoms with Crippen LogP contribution in [0.25, 0.3) is 0 Å². The molecule has 220 valence electrons. The van der Waals surface area contributed by atoms with Crippen LogP contribution in [0, 0.1) is 18.8 Å². The van der Waals surface area contributed by atoms with E-state index in [-0.39, 0.29) is 29.8 Å². The van der Waals surface area contributed by atoms with Gasteiger partial charge in [-0.2, -0.15) is 18.3 Å². The zero-order valence-corrected chi connectivity index (χ0v) is 23.0. The van der Waals surface area contributed by atoms with E-state index < -0.39 is 18.0 Å². The molecule has 2 aromatic rings. The summed E-state index contributed by atoms with van der Waals surface area (Å²) in [4.78, 5) is 32.5. The van der Waals surface area contributed by atoms with Gasteiger partial charge in [-0.1, -0.05) is 12.1 Å². The van der Waals surface area contributed by atoms with Gasteiger partial charge in [-0.25, -0.2) is 0 Å². The van der Waals surface area contributed by atoms with Gasteiger partial charge in [-0.05, 0) is 60.6 Å². The minimum Gasteiger partial charge on any atom is -0.377 e. The van der Waals surface area contributed by atoms with Crippen LogP contribution in [-0.2, 0) is 17.5 Å². The monoisotopic (exact) mass is 572 g/mol. The van der Waals surface area contributed by atoms with Crippen LogP contribution in [0.4, 0.5) is 13.2 Å². The number of hydrogen-bond donors (Lipinski definition) is 2. The number of carbonyl (C=O) groups is 2. The molecule has 2 amide bonds. The Bertz CT molecular complexity index is 1380. The molecule has 12 heteroatoms. The number of β-amino-alcohol motifs (C(OH)–C–C–N with tert-alkyl or cyclic N) is 1. The molecule has 0 radical (unpaired) electrons. The van der Waals surface area contributed by atoms with Crippen molar-refractivity contribution in [2.75, 3.05) is 45.8 Å². The highest BCUT2D eigenvalue weighted by atomic mass is 19.4. The summed E-state index contributed by atoms with van der Waals surface area (Å²) in [7, 11) is 0. The van der Waals surface area contributed by atoms with E-state index in [2.05, 4.69) is 0 Å². The molecule has 4 fully saturated rings. The molecular weight excluding hydrogens is 537 g/mol. The molecular formula is C29H35F3N6O3. The minimum atomic E-state index is -4.38. The summed E-state index contributed by atoms with van der Waals surface area (Å²) in [5, 5.41) is 14.2. The number of benzene rings is 1. The van der Waals surface area contributed by atoms with Crippen LogP contribution in [0.15, 0.2) is 18.2 Å². The Morgan fingerprint density at radius 2 is 1.73 bits per heavy atom. The molecule has 2 saturated carbocycles. The van der Waals surface area contributed by atoms with E-state index >= 15 is 0 Å². The SMILES string of the molecule is Cc1c(C2CCN(C(=O)Cn3nc(C(=O)N4CCN(CC(N)O)CC4)c4c3C3C5C4[C@@H]35)CC2)cccc1C(F)(F)F. The van der Waals surface area contributed by atoms with E-state index in [0.717, 1.165) is 17.3 Å². The topological polar surface area (TPSA) is 108 Å². The average molecular weight is 573 g/mol. The molecule has 9 nitrogen and oxygen atoms in total. The number of carbonyl (C=O) groups excluding carboxylic acids is 2. The lowest BCUT2D eigenvalue weighted by atomic mass is 9.85. The van der Waals surface area contributed by atoms with Gasteiger partial charge in [0.1, 0.15) is 12.8 Å². The van der Waals surface area contributed by atoms with Crippen LogP contribution in [0.5, 0.6) is 0 Å². The first-order chi connectivity index (χ1) is 19.5. The Hall–Kier alpha value is -2.96. The molecule has 41 heavy (non-hydrogen) atoms. The molecule has 4 unspecified atom stereocenters. The number of amides is 2. The summed E-state index contributed by atoms with van der Waals surface area (Å²) in [6.07, 6.45) is -4.07. The molecule has 4 aliphatic carbocycles. The predicted octanol–water partition coefficient (Wildman–Crippen LogP) is 2.09. The molecule has 1 aromatic carbocycles. The number of halogens is 3. The van der Waals surface area contributed by atoms with Crippen LogP contribution in [-0.4, -0.2) is 93.4 Å². The fourth-order valence-corrected chi connectivity index (χ4v) is 7.84. The molecule has 2 bridgehead atoms. The van der Waals surface area contributed by atoms with Crippen molar-refractivity contribution in [3.8, 4) is 0 Å². The number of alkyl halides is 3. The number of hydrogen-bond acceptors (Lipinski definition) is 6. The smallest absolute Gasteiger partial charge is 0.377 e. The zero-order valence-electron chi connectivity index (χ0n) is 23.0. The van der Waals surface area contributed by atoms with E-state index in [9.17, 15) is 27.9 Å². The highest BCUT2D eigenvalue weighted by molar-refractivity contribution is 5.96. The zero-order chi connectivity index (χ0) is 28.8. The highest BCUT2D eigenvalue weighted by Gasteiger charge is 2.81. The molecule has 1 aromatic heterocycles. The van der Waals surface area contributed by atoms with E-state index in [1.165, 1.54) is 13.0 Å². The van der Waals surface area contributed by atoms with E-state index in [1.54, 1.807) is 20.5 Å². The fourth-order valence-electron chi connectivity index (χ4n) is 7.84. The van der Waals surface area contributed by atoms with Gasteiger partial charge >= 0.3 is 6.18 Å². The third-order valence-electron chi connectivity index (χ3n) is 10.1. The van der Waals surface area contributed by atoms with Crippen LogP contribution < -0.4 is 5.73 Å². The molecule has 6 aliphatic rings. The van der Waals surface area contributed by atoms with Crippen LogP contribution in [0.1, 0.15) is 69.0 Å². The number of nitrogens with zero attached hydrogens (tertiary/aromatic N) is 5. The Morgan fingerprint density at radius 1 is 1.05 bits per heavy atom. The Labute approximate surface area is 236 Å². The van der Waals surface area contributed by atoms with Gasteiger partial charge in [0.2, 0.25) is 5.91 Å². The predicted molar refractivity (Wildman–Crippen MR) is 142 cm³/mol. The van der Waals surface area contributed by atoms with Gasteiger partial charge < -0.3 is 20.6 Å². The molecule has 0 spiro atoms. The first-order valence-corrected chi connectivity index (χ1v) is 14.5. The number of aliphatic hydroxyl groups excluding tert-OH is 1. The largest absolute Gasteiger partial charge is 0.416 e. The lowest BCUT2D eigenvalue weighted by Crippen LogP contribution is -2.51. The van der Waals surface area contributed by atoms with Gasteiger partial charge in [0, 0.05) is 63.0 Å². The van der Waals surface area contributed by atoms with Crippen molar-refractivity contribution >= 4 is 11.8 Å². The minimum absolute atomic E-state index is 0.0241. The van der Waals surface area contributed by atoms with Crippen molar-refractivity contribution in [3.63, 3.8) is 0 Å². The summed E-state index contributed by atoms with van der Waals surface area (Å²) < 4.78 is 42.0. The number of nitrogens with two attached hydrogens (primary N) is 1. The highest BCUT2D eigenvalue weighted by Crippen LogP contribution is 2.88. The average Bonchev–Trinajstić information content (AvgIpc) is 3.70. The lowest BCUT2D eigenvalue weighted by Gasteiger charge is -2.35. The third-order valence-corrected chi connectivity index (χ3v) is 10.1. The number of rotatable bonds is 6. The molecule has 2 aliphatic heterocycles. The maximum absolute atomic E-state index is 13.5.